The molecule has 5 nitrogen and oxygen atoms in total. The summed E-state index contributed by atoms with van der Waals surface area (Å²) in [6, 6.07) is 8.65. The van der Waals surface area contributed by atoms with Crippen LogP contribution in [0.15, 0.2) is 28.8 Å². The molecular formula is C18H24ClN3O2S. The van der Waals surface area contributed by atoms with E-state index in [0.717, 1.165) is 35.7 Å². The maximum absolute atomic E-state index is 12.1. The van der Waals surface area contributed by atoms with Crippen molar-refractivity contribution in [1.82, 2.24) is 15.8 Å². The van der Waals surface area contributed by atoms with Crippen molar-refractivity contribution in [2.75, 3.05) is 18.8 Å². The van der Waals surface area contributed by atoms with Gasteiger partial charge in [0, 0.05) is 23.9 Å². The number of aromatic nitrogens is 1. The highest BCUT2D eigenvalue weighted by atomic mass is 35.5. The van der Waals surface area contributed by atoms with Gasteiger partial charge in [0.2, 0.25) is 5.91 Å². The van der Waals surface area contributed by atoms with Gasteiger partial charge in [0.1, 0.15) is 5.76 Å². The molecule has 1 aromatic heterocycles. The number of fused-ring (bicyclic) bond motifs is 1. The smallest absolute Gasteiger partial charge is 0.230 e. The van der Waals surface area contributed by atoms with Gasteiger partial charge in [0.15, 0.2) is 0 Å². The molecule has 1 aliphatic heterocycles. The Morgan fingerprint density at radius 1 is 1.40 bits per heavy atom. The molecule has 1 atom stereocenters. The second-order valence-corrected chi connectivity index (χ2v) is 7.04. The Labute approximate surface area is 158 Å². The van der Waals surface area contributed by atoms with E-state index in [9.17, 15) is 4.79 Å². The summed E-state index contributed by atoms with van der Waals surface area (Å²) in [4.78, 5) is 12.1. The van der Waals surface area contributed by atoms with Crippen molar-refractivity contribution in [2.24, 2.45) is 0 Å². The van der Waals surface area contributed by atoms with Crippen LogP contribution in [-0.2, 0) is 17.0 Å². The number of thioether (sulfide) groups is 1. The largest absolute Gasteiger partial charge is 0.361 e. The number of halogens is 1. The molecule has 0 spiro atoms. The van der Waals surface area contributed by atoms with Crippen LogP contribution in [-0.4, -0.2) is 29.9 Å². The van der Waals surface area contributed by atoms with Crippen LogP contribution in [0.3, 0.4) is 0 Å². The maximum atomic E-state index is 12.1. The van der Waals surface area contributed by atoms with Crippen molar-refractivity contribution in [2.45, 2.75) is 32.1 Å². The second-order valence-electron chi connectivity index (χ2n) is 6.06. The van der Waals surface area contributed by atoms with Gasteiger partial charge < -0.3 is 15.2 Å². The normalized spacial score (nSPS) is 16.0. The highest BCUT2D eigenvalue weighted by Crippen LogP contribution is 2.22. The molecule has 0 saturated carbocycles. The Balaban J connectivity index is 0.00000225. The average molecular weight is 382 g/mol. The lowest BCUT2D eigenvalue weighted by Crippen LogP contribution is -2.39. The summed E-state index contributed by atoms with van der Waals surface area (Å²) in [6.07, 6.45) is 1.05. The molecule has 3 rings (SSSR count). The minimum Gasteiger partial charge on any atom is -0.361 e. The highest BCUT2D eigenvalue weighted by Gasteiger charge is 2.19. The lowest BCUT2D eigenvalue weighted by atomic mass is 9.94. The molecule has 0 saturated heterocycles. The average Bonchev–Trinajstić information content (AvgIpc) is 2.92. The topological polar surface area (TPSA) is 67.2 Å². The first-order chi connectivity index (χ1) is 11.6. The number of hydrogen-bond acceptors (Lipinski definition) is 5. The molecule has 2 N–H and O–H groups in total. The number of aryl methyl sites for hydroxylation is 2. The molecule has 136 valence electrons. The third-order valence-electron chi connectivity index (χ3n) is 4.38. The predicted molar refractivity (Wildman–Crippen MR) is 103 cm³/mol. The summed E-state index contributed by atoms with van der Waals surface area (Å²) in [5.41, 5.74) is 4.68. The third kappa shape index (κ3) is 5.00. The maximum Gasteiger partial charge on any atom is 0.230 e. The van der Waals surface area contributed by atoms with Gasteiger partial charge in [-0.3, -0.25) is 4.79 Å². The van der Waals surface area contributed by atoms with Crippen molar-refractivity contribution in [3.05, 3.63) is 52.4 Å². The van der Waals surface area contributed by atoms with Crippen molar-refractivity contribution >= 4 is 30.1 Å². The Hall–Kier alpha value is -1.50. The number of carbonyl (C=O) groups is 1. The van der Waals surface area contributed by atoms with E-state index in [-0.39, 0.29) is 24.4 Å². The SMILES string of the molecule is Cc1noc(C)c1CSCC(=O)NCC1NCCc2ccccc21.Cl. The Bertz CT molecular complexity index is 701. The van der Waals surface area contributed by atoms with Crippen LogP contribution in [0.5, 0.6) is 0 Å². The molecule has 1 aliphatic rings. The summed E-state index contributed by atoms with van der Waals surface area (Å²) in [5.74, 6) is 2.09. The zero-order valence-electron chi connectivity index (χ0n) is 14.5. The summed E-state index contributed by atoms with van der Waals surface area (Å²) in [5, 5.41) is 10.5. The fourth-order valence-corrected chi connectivity index (χ4v) is 4.00. The molecule has 25 heavy (non-hydrogen) atoms. The fraction of sp³-hybridized carbons (Fsp3) is 0.444. The zero-order chi connectivity index (χ0) is 16.9. The minimum atomic E-state index is 0. The lowest BCUT2D eigenvalue weighted by molar-refractivity contribution is -0.118. The van der Waals surface area contributed by atoms with Crippen LogP contribution < -0.4 is 10.6 Å². The van der Waals surface area contributed by atoms with E-state index < -0.39 is 0 Å². The monoisotopic (exact) mass is 381 g/mol. The van der Waals surface area contributed by atoms with Crippen molar-refractivity contribution in [3.8, 4) is 0 Å². The van der Waals surface area contributed by atoms with Crippen LogP contribution in [0.1, 0.15) is 34.2 Å². The second kappa shape index (κ2) is 9.27. The van der Waals surface area contributed by atoms with E-state index in [0.29, 0.717) is 12.3 Å². The van der Waals surface area contributed by atoms with Crippen LogP contribution in [0.2, 0.25) is 0 Å². The van der Waals surface area contributed by atoms with Gasteiger partial charge in [-0.05, 0) is 37.9 Å². The van der Waals surface area contributed by atoms with Gasteiger partial charge in [-0.1, -0.05) is 29.4 Å². The molecule has 2 heterocycles. The number of rotatable bonds is 6. The van der Waals surface area contributed by atoms with Gasteiger partial charge in [-0.2, -0.15) is 0 Å². The molecule has 1 unspecified atom stereocenters. The van der Waals surface area contributed by atoms with E-state index >= 15 is 0 Å². The van der Waals surface area contributed by atoms with Crippen molar-refractivity contribution in [3.63, 3.8) is 0 Å². The molecule has 0 aliphatic carbocycles. The van der Waals surface area contributed by atoms with Gasteiger partial charge in [-0.15, -0.1) is 24.2 Å². The first kappa shape index (κ1) is 19.8. The Morgan fingerprint density at radius 2 is 2.20 bits per heavy atom. The third-order valence-corrected chi connectivity index (χ3v) is 5.34. The van der Waals surface area contributed by atoms with Gasteiger partial charge in [0.05, 0.1) is 11.4 Å². The Kier molecular flexibility index (Phi) is 7.35. The number of nitrogens with one attached hydrogen (secondary N) is 2. The van der Waals surface area contributed by atoms with Crippen LogP contribution >= 0.6 is 24.2 Å². The molecule has 1 aromatic carbocycles. The van der Waals surface area contributed by atoms with Gasteiger partial charge >= 0.3 is 0 Å². The van der Waals surface area contributed by atoms with E-state index in [1.54, 1.807) is 11.8 Å². The number of nitrogens with zero attached hydrogens (tertiary/aromatic N) is 1. The summed E-state index contributed by atoms with van der Waals surface area (Å²) in [6.45, 7) is 5.42. The molecule has 1 amide bonds. The van der Waals surface area contributed by atoms with Crippen LogP contribution in [0.4, 0.5) is 0 Å². The van der Waals surface area contributed by atoms with Crippen molar-refractivity contribution < 1.29 is 9.32 Å². The summed E-state index contributed by atoms with van der Waals surface area (Å²) < 4.78 is 5.14. The summed E-state index contributed by atoms with van der Waals surface area (Å²) >= 11 is 1.59. The van der Waals surface area contributed by atoms with Gasteiger partial charge in [0.25, 0.3) is 0 Å². The standard InChI is InChI=1S/C18H23N3O2S.ClH/c1-12-16(13(2)23-21-12)10-24-11-18(22)20-9-17-15-6-4-3-5-14(15)7-8-19-17;/h3-6,17,19H,7-11H2,1-2H3,(H,20,22);1H. The first-order valence-electron chi connectivity index (χ1n) is 8.22. The molecule has 0 fully saturated rings. The van der Waals surface area contributed by atoms with Gasteiger partial charge in [-0.25, -0.2) is 0 Å². The van der Waals surface area contributed by atoms with Crippen LogP contribution in [0, 0.1) is 13.8 Å². The molecule has 0 radical (unpaired) electrons. The predicted octanol–water partition coefficient (Wildman–Crippen LogP) is 2.95. The quantitative estimate of drug-likeness (QED) is 0.805. The number of amides is 1. The number of carbonyl (C=O) groups excluding carboxylic acids is 1. The zero-order valence-corrected chi connectivity index (χ0v) is 16.1. The van der Waals surface area contributed by atoms with E-state index in [2.05, 4.69) is 40.1 Å². The fourth-order valence-electron chi connectivity index (χ4n) is 3.00. The number of benzene rings is 1. The molecule has 0 bridgehead atoms. The van der Waals surface area contributed by atoms with Crippen LogP contribution in [0.25, 0.3) is 0 Å². The van der Waals surface area contributed by atoms with E-state index in [1.807, 2.05) is 13.8 Å². The number of hydrogen-bond donors (Lipinski definition) is 2. The molecule has 2 aromatic rings. The lowest BCUT2D eigenvalue weighted by Gasteiger charge is -2.27. The first-order valence-corrected chi connectivity index (χ1v) is 9.38. The highest BCUT2D eigenvalue weighted by molar-refractivity contribution is 7.99. The minimum absolute atomic E-state index is 0. The van der Waals surface area contributed by atoms with E-state index in [1.165, 1.54) is 11.1 Å². The molecular weight excluding hydrogens is 358 g/mol. The Morgan fingerprint density at radius 3 is 2.96 bits per heavy atom. The van der Waals surface area contributed by atoms with Crippen molar-refractivity contribution in [1.29, 1.82) is 0 Å². The van der Waals surface area contributed by atoms with E-state index in [4.69, 9.17) is 4.52 Å². The summed E-state index contributed by atoms with van der Waals surface area (Å²) in [7, 11) is 0. The molecule has 7 heteroatoms.